The molecule has 0 unspecified atom stereocenters. The van der Waals surface area contributed by atoms with Crippen molar-refractivity contribution >= 4 is 11.9 Å². The van der Waals surface area contributed by atoms with E-state index < -0.39 is 0 Å². The molecule has 1 heterocycles. The van der Waals surface area contributed by atoms with Gasteiger partial charge in [-0.15, -0.1) is 0 Å². The minimum Gasteiger partial charge on any atom is -0.465 e. The third-order valence-corrected chi connectivity index (χ3v) is 5.46. The van der Waals surface area contributed by atoms with Crippen LogP contribution in [0.3, 0.4) is 0 Å². The zero-order valence-electron chi connectivity index (χ0n) is 15.2. The molecule has 1 saturated carbocycles. The summed E-state index contributed by atoms with van der Waals surface area (Å²) in [5.74, 6) is 0.485. The molecule has 2 fully saturated rings. The molecule has 0 spiro atoms. The van der Waals surface area contributed by atoms with Crippen LogP contribution >= 0.6 is 0 Å². The second-order valence-electron chi connectivity index (χ2n) is 8.45. The molecule has 2 rings (SSSR count). The fourth-order valence-corrected chi connectivity index (χ4v) is 4.25. The number of hydrogen-bond acceptors (Lipinski definition) is 4. The topological polar surface area (TPSA) is 67.4 Å². The first kappa shape index (κ1) is 18.2. The smallest absolute Gasteiger partial charge is 0.310 e. The van der Waals surface area contributed by atoms with Gasteiger partial charge in [0.05, 0.1) is 12.5 Å². The van der Waals surface area contributed by atoms with E-state index in [0.717, 1.165) is 32.1 Å². The Balaban J connectivity index is 1.79. The summed E-state index contributed by atoms with van der Waals surface area (Å²) in [4.78, 5) is 24.1. The van der Waals surface area contributed by atoms with Crippen molar-refractivity contribution in [1.82, 2.24) is 10.6 Å². The highest BCUT2D eigenvalue weighted by Gasteiger charge is 2.48. The highest BCUT2D eigenvalue weighted by Crippen LogP contribution is 2.37. The van der Waals surface area contributed by atoms with Crippen LogP contribution in [0.2, 0.25) is 0 Å². The number of hydrogen-bond donors (Lipinski definition) is 2. The monoisotopic (exact) mass is 324 g/mol. The summed E-state index contributed by atoms with van der Waals surface area (Å²) in [5.41, 5.74) is -0.254. The van der Waals surface area contributed by atoms with Crippen molar-refractivity contribution in [3.05, 3.63) is 0 Å². The lowest BCUT2D eigenvalue weighted by Crippen LogP contribution is -2.46. The van der Waals surface area contributed by atoms with Gasteiger partial charge in [-0.1, -0.05) is 0 Å². The van der Waals surface area contributed by atoms with Gasteiger partial charge in [0.15, 0.2) is 0 Å². The van der Waals surface area contributed by atoms with E-state index in [4.69, 9.17) is 4.74 Å². The first-order chi connectivity index (χ1) is 10.6. The number of ether oxygens (including phenoxy) is 1. The summed E-state index contributed by atoms with van der Waals surface area (Å²) in [7, 11) is 1.69. The molecule has 0 radical (unpaired) electrons. The van der Waals surface area contributed by atoms with Gasteiger partial charge in [-0.25, -0.2) is 0 Å². The molecular weight excluding hydrogens is 292 g/mol. The quantitative estimate of drug-likeness (QED) is 0.778. The lowest BCUT2D eigenvalue weighted by atomic mass is 9.82. The van der Waals surface area contributed by atoms with Crippen LogP contribution in [0.1, 0.15) is 59.8 Å². The number of carbonyl (C=O) groups is 2. The summed E-state index contributed by atoms with van der Waals surface area (Å²) in [6.07, 6.45) is 4.52. The SMILES string of the molecule is CNC(=O)C1CCC(COC(=O)[C@@H]2CC(C)(C)NC2(C)C)CC1. The van der Waals surface area contributed by atoms with Gasteiger partial charge in [0, 0.05) is 24.0 Å². The van der Waals surface area contributed by atoms with Crippen LogP contribution in [0, 0.1) is 17.8 Å². The van der Waals surface area contributed by atoms with Crippen molar-refractivity contribution in [2.45, 2.75) is 70.9 Å². The van der Waals surface area contributed by atoms with Crippen molar-refractivity contribution in [3.8, 4) is 0 Å². The summed E-state index contributed by atoms with van der Waals surface area (Å²) in [6.45, 7) is 8.89. The number of esters is 1. The molecule has 1 saturated heterocycles. The van der Waals surface area contributed by atoms with E-state index in [1.54, 1.807) is 7.05 Å². The summed E-state index contributed by atoms with van der Waals surface area (Å²) < 4.78 is 5.64. The van der Waals surface area contributed by atoms with Gasteiger partial charge >= 0.3 is 5.97 Å². The number of rotatable bonds is 4. The molecule has 1 aliphatic heterocycles. The third-order valence-electron chi connectivity index (χ3n) is 5.46. The minimum absolute atomic E-state index is 0.0290. The van der Waals surface area contributed by atoms with Crippen LogP contribution < -0.4 is 10.6 Å². The normalized spacial score (nSPS) is 32.3. The van der Waals surface area contributed by atoms with Crippen molar-refractivity contribution in [3.63, 3.8) is 0 Å². The number of carbonyl (C=O) groups excluding carboxylic acids is 2. The Morgan fingerprint density at radius 2 is 1.74 bits per heavy atom. The standard InChI is InChI=1S/C18H32N2O3/c1-17(2)10-14(18(3,4)20-17)16(22)23-11-12-6-8-13(9-7-12)15(21)19-5/h12-14,20H,6-11H2,1-5H3,(H,19,21)/t12?,13?,14-/m0/s1. The molecule has 5 nitrogen and oxygen atoms in total. The Bertz CT molecular complexity index is 451. The van der Waals surface area contributed by atoms with Crippen molar-refractivity contribution in [2.24, 2.45) is 17.8 Å². The molecule has 23 heavy (non-hydrogen) atoms. The van der Waals surface area contributed by atoms with Crippen LogP contribution in [0.5, 0.6) is 0 Å². The van der Waals surface area contributed by atoms with E-state index in [1.165, 1.54) is 0 Å². The van der Waals surface area contributed by atoms with Gasteiger partial charge < -0.3 is 15.4 Å². The van der Waals surface area contributed by atoms with Gasteiger partial charge in [-0.05, 0) is 65.7 Å². The Morgan fingerprint density at radius 3 is 2.22 bits per heavy atom. The fourth-order valence-electron chi connectivity index (χ4n) is 4.25. The van der Waals surface area contributed by atoms with Crippen molar-refractivity contribution in [1.29, 1.82) is 0 Å². The zero-order chi connectivity index (χ0) is 17.3. The minimum atomic E-state index is -0.225. The highest BCUT2D eigenvalue weighted by molar-refractivity contribution is 5.78. The lowest BCUT2D eigenvalue weighted by Gasteiger charge is -2.29. The molecule has 0 aromatic carbocycles. The molecule has 0 aromatic heterocycles. The van der Waals surface area contributed by atoms with Gasteiger partial charge in [0.1, 0.15) is 0 Å². The molecule has 5 heteroatoms. The average Bonchev–Trinajstić information content (AvgIpc) is 2.72. The van der Waals surface area contributed by atoms with Gasteiger partial charge in [-0.3, -0.25) is 9.59 Å². The van der Waals surface area contributed by atoms with Crippen LogP contribution in [0.15, 0.2) is 0 Å². The summed E-state index contributed by atoms with van der Waals surface area (Å²) in [5, 5.41) is 6.24. The first-order valence-electron chi connectivity index (χ1n) is 8.82. The average molecular weight is 324 g/mol. The van der Waals surface area contributed by atoms with E-state index in [-0.39, 0.29) is 34.8 Å². The molecule has 2 aliphatic rings. The predicted molar refractivity (Wildman–Crippen MR) is 89.9 cm³/mol. The van der Waals surface area contributed by atoms with Crippen LogP contribution in [-0.4, -0.2) is 36.6 Å². The Labute approximate surface area is 139 Å². The van der Waals surface area contributed by atoms with E-state index in [1.807, 2.05) is 0 Å². The highest BCUT2D eigenvalue weighted by atomic mass is 16.5. The molecule has 2 N–H and O–H groups in total. The number of amides is 1. The molecule has 1 atom stereocenters. The maximum atomic E-state index is 12.5. The van der Waals surface area contributed by atoms with E-state index in [9.17, 15) is 9.59 Å². The predicted octanol–water partition coefficient (Wildman–Crippen LogP) is 2.25. The van der Waals surface area contributed by atoms with E-state index >= 15 is 0 Å². The Kier molecular flexibility index (Phi) is 5.39. The number of nitrogens with one attached hydrogen (secondary N) is 2. The Morgan fingerprint density at radius 1 is 1.13 bits per heavy atom. The van der Waals surface area contributed by atoms with Crippen molar-refractivity contribution in [2.75, 3.05) is 13.7 Å². The van der Waals surface area contributed by atoms with E-state index in [2.05, 4.69) is 38.3 Å². The first-order valence-corrected chi connectivity index (χ1v) is 8.82. The summed E-state index contributed by atoms with van der Waals surface area (Å²) >= 11 is 0. The van der Waals surface area contributed by atoms with Crippen molar-refractivity contribution < 1.29 is 14.3 Å². The molecule has 1 amide bonds. The van der Waals surface area contributed by atoms with Gasteiger partial charge in [0.2, 0.25) is 5.91 Å². The lowest BCUT2D eigenvalue weighted by molar-refractivity contribution is -0.152. The van der Waals surface area contributed by atoms with Gasteiger partial charge in [0.25, 0.3) is 0 Å². The third kappa shape index (κ3) is 4.46. The Hall–Kier alpha value is -1.10. The van der Waals surface area contributed by atoms with Crippen LogP contribution in [-0.2, 0) is 14.3 Å². The zero-order valence-corrected chi connectivity index (χ0v) is 15.2. The fraction of sp³-hybridized carbons (Fsp3) is 0.889. The van der Waals surface area contributed by atoms with Crippen LogP contribution in [0.25, 0.3) is 0 Å². The van der Waals surface area contributed by atoms with E-state index in [0.29, 0.717) is 12.5 Å². The maximum Gasteiger partial charge on any atom is 0.310 e. The largest absolute Gasteiger partial charge is 0.465 e. The maximum absolute atomic E-state index is 12.5. The second-order valence-corrected chi connectivity index (χ2v) is 8.45. The van der Waals surface area contributed by atoms with Gasteiger partial charge in [-0.2, -0.15) is 0 Å². The molecule has 1 aliphatic carbocycles. The summed E-state index contributed by atoms with van der Waals surface area (Å²) in [6, 6.07) is 0. The van der Waals surface area contributed by atoms with Crippen LogP contribution in [0.4, 0.5) is 0 Å². The molecule has 0 aromatic rings. The molecular formula is C18H32N2O3. The molecule has 132 valence electrons. The molecule has 0 bridgehead atoms. The second kappa shape index (κ2) is 6.80.